The second-order valence-electron chi connectivity index (χ2n) is 5.92. The highest BCUT2D eigenvalue weighted by atomic mass is 16.5. The summed E-state index contributed by atoms with van der Waals surface area (Å²) in [5.41, 5.74) is 2.97. The normalized spacial score (nSPS) is 13.8. The highest BCUT2D eigenvalue weighted by Gasteiger charge is 2.24. The maximum Gasteiger partial charge on any atom is 0.240 e. The van der Waals surface area contributed by atoms with Crippen molar-refractivity contribution in [3.8, 4) is 11.9 Å². The summed E-state index contributed by atoms with van der Waals surface area (Å²) in [4.78, 5) is 22.7. The lowest BCUT2D eigenvalue weighted by atomic mass is 10.1. The zero-order valence-electron chi connectivity index (χ0n) is 14.4. The van der Waals surface area contributed by atoms with Crippen molar-refractivity contribution in [1.29, 1.82) is 5.26 Å². The summed E-state index contributed by atoms with van der Waals surface area (Å²) in [6, 6.07) is 2.07. The second kappa shape index (κ2) is 6.91. The Hall–Kier alpha value is -2.92. The van der Waals surface area contributed by atoms with Gasteiger partial charge in [0.15, 0.2) is 0 Å². The molecule has 1 aliphatic rings. The largest absolute Gasteiger partial charge is 0.481 e. The van der Waals surface area contributed by atoms with Gasteiger partial charge >= 0.3 is 0 Å². The summed E-state index contributed by atoms with van der Waals surface area (Å²) in [5.74, 6) is 1.14. The predicted molar refractivity (Wildman–Crippen MR) is 89.1 cm³/mol. The van der Waals surface area contributed by atoms with Crippen LogP contribution in [0, 0.1) is 25.2 Å². The van der Waals surface area contributed by atoms with Crippen molar-refractivity contribution in [2.24, 2.45) is 0 Å². The molecule has 2 aromatic rings. The Morgan fingerprint density at radius 2 is 2.28 bits per heavy atom. The van der Waals surface area contributed by atoms with Crippen molar-refractivity contribution in [3.63, 3.8) is 0 Å². The van der Waals surface area contributed by atoms with Crippen LogP contribution >= 0.6 is 0 Å². The molecule has 0 aliphatic carbocycles. The fourth-order valence-corrected chi connectivity index (χ4v) is 2.90. The fourth-order valence-electron chi connectivity index (χ4n) is 2.90. The number of nitriles is 1. The van der Waals surface area contributed by atoms with E-state index in [-0.39, 0.29) is 18.3 Å². The van der Waals surface area contributed by atoms with Crippen LogP contribution in [0.2, 0.25) is 0 Å². The van der Waals surface area contributed by atoms with Crippen molar-refractivity contribution in [1.82, 2.24) is 14.9 Å². The van der Waals surface area contributed by atoms with Crippen molar-refractivity contribution in [2.75, 3.05) is 25.5 Å². The molecular formula is C17H19N5O3. The Kier molecular flexibility index (Phi) is 4.67. The number of nitrogens with one attached hydrogen (secondary N) is 1. The maximum atomic E-state index is 12.4. The van der Waals surface area contributed by atoms with Gasteiger partial charge in [0.2, 0.25) is 17.7 Å². The van der Waals surface area contributed by atoms with Crippen LogP contribution in [0.3, 0.4) is 0 Å². The SMILES string of the molecule is COc1ncnc2c1CN(CC(=O)Nc1oc(C)c(C)c1C#N)CC2. The van der Waals surface area contributed by atoms with E-state index in [1.54, 1.807) is 21.0 Å². The molecular weight excluding hydrogens is 322 g/mol. The van der Waals surface area contributed by atoms with Gasteiger partial charge in [0.1, 0.15) is 23.7 Å². The Labute approximate surface area is 145 Å². The molecule has 0 fully saturated rings. The molecule has 130 valence electrons. The molecule has 0 aromatic carbocycles. The molecule has 0 saturated heterocycles. The van der Waals surface area contributed by atoms with E-state index in [0.717, 1.165) is 23.2 Å². The monoisotopic (exact) mass is 341 g/mol. The number of ether oxygens (including phenoxy) is 1. The average Bonchev–Trinajstić information content (AvgIpc) is 2.87. The number of rotatable bonds is 4. The van der Waals surface area contributed by atoms with Crippen LogP contribution in [0.25, 0.3) is 0 Å². The summed E-state index contributed by atoms with van der Waals surface area (Å²) in [6.45, 7) is 4.98. The third-order valence-electron chi connectivity index (χ3n) is 4.35. The van der Waals surface area contributed by atoms with E-state index in [0.29, 0.717) is 30.3 Å². The van der Waals surface area contributed by atoms with Crippen LogP contribution in [0.5, 0.6) is 5.88 Å². The van der Waals surface area contributed by atoms with Crippen LogP contribution in [0.15, 0.2) is 10.7 Å². The molecule has 8 nitrogen and oxygen atoms in total. The highest BCUT2D eigenvalue weighted by Crippen LogP contribution is 2.26. The van der Waals surface area contributed by atoms with Gasteiger partial charge < -0.3 is 9.15 Å². The van der Waals surface area contributed by atoms with Gasteiger partial charge in [0.05, 0.1) is 19.3 Å². The minimum atomic E-state index is -0.232. The molecule has 0 saturated carbocycles. The summed E-state index contributed by atoms with van der Waals surface area (Å²) >= 11 is 0. The van der Waals surface area contributed by atoms with Crippen LogP contribution in [-0.2, 0) is 17.8 Å². The third kappa shape index (κ3) is 3.32. The molecule has 0 unspecified atom stereocenters. The Bertz CT molecular complexity index is 838. The van der Waals surface area contributed by atoms with E-state index in [1.807, 2.05) is 4.90 Å². The average molecular weight is 341 g/mol. The van der Waals surface area contributed by atoms with Crippen LogP contribution in [0.4, 0.5) is 5.88 Å². The van der Waals surface area contributed by atoms with Crippen molar-refractivity contribution in [2.45, 2.75) is 26.8 Å². The second-order valence-corrected chi connectivity index (χ2v) is 5.92. The molecule has 1 N–H and O–H groups in total. The zero-order chi connectivity index (χ0) is 18.0. The van der Waals surface area contributed by atoms with E-state index in [1.165, 1.54) is 6.33 Å². The number of furan rings is 1. The van der Waals surface area contributed by atoms with Crippen molar-refractivity contribution >= 4 is 11.8 Å². The molecule has 0 radical (unpaired) electrons. The summed E-state index contributed by atoms with van der Waals surface area (Å²) in [6.07, 6.45) is 2.22. The Morgan fingerprint density at radius 3 is 3.00 bits per heavy atom. The summed E-state index contributed by atoms with van der Waals surface area (Å²) in [7, 11) is 1.57. The molecule has 0 bridgehead atoms. The lowest BCUT2D eigenvalue weighted by molar-refractivity contribution is -0.117. The number of aryl methyl sites for hydroxylation is 1. The summed E-state index contributed by atoms with van der Waals surface area (Å²) < 4.78 is 10.8. The van der Waals surface area contributed by atoms with Gasteiger partial charge in [-0.3, -0.25) is 15.0 Å². The first-order valence-electron chi connectivity index (χ1n) is 7.92. The molecule has 3 rings (SSSR count). The number of carbonyl (C=O) groups is 1. The number of aromatic nitrogens is 2. The Morgan fingerprint density at radius 1 is 1.48 bits per heavy atom. The number of anilines is 1. The third-order valence-corrected chi connectivity index (χ3v) is 4.35. The van der Waals surface area contributed by atoms with E-state index < -0.39 is 0 Å². The smallest absolute Gasteiger partial charge is 0.240 e. The number of methoxy groups -OCH3 is 1. The minimum Gasteiger partial charge on any atom is -0.481 e. The minimum absolute atomic E-state index is 0.182. The number of nitrogens with zero attached hydrogens (tertiary/aromatic N) is 4. The van der Waals surface area contributed by atoms with Crippen LogP contribution in [-0.4, -0.2) is 41.0 Å². The van der Waals surface area contributed by atoms with Gasteiger partial charge in [-0.15, -0.1) is 0 Å². The number of hydrogen-bond acceptors (Lipinski definition) is 7. The van der Waals surface area contributed by atoms with Gasteiger partial charge in [-0.2, -0.15) is 5.26 Å². The van der Waals surface area contributed by atoms with E-state index >= 15 is 0 Å². The van der Waals surface area contributed by atoms with Gasteiger partial charge in [-0.25, -0.2) is 9.97 Å². The highest BCUT2D eigenvalue weighted by molar-refractivity contribution is 5.92. The fraction of sp³-hybridized carbons (Fsp3) is 0.412. The molecule has 0 atom stereocenters. The van der Waals surface area contributed by atoms with E-state index in [9.17, 15) is 10.1 Å². The number of carbonyl (C=O) groups excluding carboxylic acids is 1. The molecule has 3 heterocycles. The lowest BCUT2D eigenvalue weighted by Gasteiger charge is -2.27. The molecule has 8 heteroatoms. The molecule has 2 aromatic heterocycles. The standard InChI is InChI=1S/C17H19N5O3/c1-10-11(2)25-17(12(10)6-18)21-15(23)8-22-5-4-14-13(7-22)16(24-3)20-9-19-14/h9H,4-5,7-8H2,1-3H3,(H,21,23). The predicted octanol–water partition coefficient (Wildman–Crippen LogP) is 1.56. The number of fused-ring (bicyclic) bond motifs is 1. The summed E-state index contributed by atoms with van der Waals surface area (Å²) in [5, 5.41) is 11.9. The van der Waals surface area contributed by atoms with Crippen LogP contribution < -0.4 is 10.1 Å². The topological polar surface area (TPSA) is 104 Å². The zero-order valence-corrected chi connectivity index (χ0v) is 14.4. The molecule has 1 aliphatic heterocycles. The van der Waals surface area contributed by atoms with E-state index in [2.05, 4.69) is 21.4 Å². The molecule has 25 heavy (non-hydrogen) atoms. The van der Waals surface area contributed by atoms with Gasteiger partial charge in [-0.1, -0.05) is 0 Å². The Balaban J connectivity index is 1.69. The first kappa shape index (κ1) is 16.9. The molecule has 1 amide bonds. The van der Waals surface area contributed by atoms with Gasteiger partial charge in [0.25, 0.3) is 0 Å². The van der Waals surface area contributed by atoms with Crippen molar-refractivity contribution in [3.05, 3.63) is 34.5 Å². The maximum absolute atomic E-state index is 12.4. The number of hydrogen-bond donors (Lipinski definition) is 1. The van der Waals surface area contributed by atoms with Crippen LogP contribution in [0.1, 0.15) is 28.1 Å². The van der Waals surface area contributed by atoms with Gasteiger partial charge in [0, 0.05) is 30.6 Å². The number of amides is 1. The molecule has 0 spiro atoms. The lowest BCUT2D eigenvalue weighted by Crippen LogP contribution is -2.37. The first-order valence-corrected chi connectivity index (χ1v) is 7.92. The van der Waals surface area contributed by atoms with E-state index in [4.69, 9.17) is 9.15 Å². The van der Waals surface area contributed by atoms with Gasteiger partial charge in [-0.05, 0) is 13.8 Å². The van der Waals surface area contributed by atoms with Crippen molar-refractivity contribution < 1.29 is 13.9 Å². The quantitative estimate of drug-likeness (QED) is 0.900. The first-order chi connectivity index (χ1) is 12.0.